The topological polar surface area (TPSA) is 29.4 Å². The molecule has 1 rings (SSSR count). The van der Waals surface area contributed by atoms with E-state index < -0.39 is 15.7 Å². The highest BCUT2D eigenvalue weighted by atomic mass is 32.2. The highest BCUT2D eigenvalue weighted by Gasteiger charge is 2.22. The smallest absolute Gasteiger partial charge is 0.146 e. The number of nitrogens with zero attached hydrogens (tertiary/aromatic N) is 1. The molecular formula is C8H9NOS. The van der Waals surface area contributed by atoms with E-state index in [1.165, 1.54) is 0 Å². The Morgan fingerprint density at radius 2 is 1.91 bits per heavy atom. The quantitative estimate of drug-likeness (QED) is 0.606. The Labute approximate surface area is 70.7 Å². The summed E-state index contributed by atoms with van der Waals surface area (Å²) in [7, 11) is -1.69. The second-order valence-corrected chi connectivity index (χ2v) is 4.00. The number of rotatable bonds is 2. The van der Waals surface area contributed by atoms with Gasteiger partial charge in [-0.25, -0.2) is 4.21 Å². The SMILES string of the molecule is [CH]C([CH])([CH])S(=O)N=C1CCC1. The molecule has 1 atom stereocenters. The van der Waals surface area contributed by atoms with E-state index >= 15 is 0 Å². The Hall–Kier alpha value is -0.180. The van der Waals surface area contributed by atoms with Gasteiger partial charge < -0.3 is 0 Å². The molecule has 0 saturated heterocycles. The molecule has 1 saturated carbocycles. The lowest BCUT2D eigenvalue weighted by Crippen LogP contribution is -2.23. The Bertz CT molecular complexity index is 197. The molecule has 1 aliphatic rings. The van der Waals surface area contributed by atoms with E-state index in [4.69, 9.17) is 20.8 Å². The van der Waals surface area contributed by atoms with Gasteiger partial charge in [0.05, 0.1) is 4.75 Å². The van der Waals surface area contributed by atoms with Gasteiger partial charge in [0.1, 0.15) is 11.0 Å². The maximum Gasteiger partial charge on any atom is 0.146 e. The molecule has 11 heavy (non-hydrogen) atoms. The predicted octanol–water partition coefficient (Wildman–Crippen LogP) is 1.15. The molecule has 0 aromatic rings. The third kappa shape index (κ3) is 2.40. The normalized spacial score (nSPS) is 20.8. The molecule has 0 aromatic heterocycles. The lowest BCUT2D eigenvalue weighted by molar-refractivity contribution is 0.675. The average Bonchev–Trinajstić information content (AvgIpc) is 1.75. The fourth-order valence-corrected chi connectivity index (χ4v) is 1.20. The molecule has 1 fully saturated rings. The summed E-state index contributed by atoms with van der Waals surface area (Å²) in [5, 5.41) is 0. The van der Waals surface area contributed by atoms with Crippen LogP contribution < -0.4 is 0 Å². The van der Waals surface area contributed by atoms with Gasteiger partial charge in [0.15, 0.2) is 0 Å². The van der Waals surface area contributed by atoms with Crippen molar-refractivity contribution in [3.8, 4) is 0 Å². The van der Waals surface area contributed by atoms with Crippen LogP contribution in [0, 0.1) is 20.8 Å². The molecule has 6 radical (unpaired) electrons. The van der Waals surface area contributed by atoms with Crippen molar-refractivity contribution >= 4 is 16.7 Å². The highest BCUT2D eigenvalue weighted by molar-refractivity contribution is 7.85. The molecule has 0 spiro atoms. The Morgan fingerprint density at radius 3 is 2.18 bits per heavy atom. The fourth-order valence-electron chi connectivity index (χ4n) is 0.622. The van der Waals surface area contributed by atoms with Gasteiger partial charge in [-0.3, -0.25) is 0 Å². The summed E-state index contributed by atoms with van der Waals surface area (Å²) in [6.45, 7) is 15.5. The molecule has 0 N–H and O–H groups in total. The van der Waals surface area contributed by atoms with Crippen molar-refractivity contribution in [2.45, 2.75) is 24.0 Å². The van der Waals surface area contributed by atoms with Crippen LogP contribution in [0.4, 0.5) is 0 Å². The minimum Gasteiger partial charge on any atom is -0.234 e. The monoisotopic (exact) mass is 167 g/mol. The van der Waals surface area contributed by atoms with Gasteiger partial charge in [0, 0.05) is 5.71 Å². The standard InChI is InChI=1S/C8H9NOS/c1-8(2,3)11(10)9-7-5-4-6-7/h1-3H,4-6H2. The third-order valence-corrected chi connectivity index (χ3v) is 2.47. The van der Waals surface area contributed by atoms with Crippen LogP contribution in [0.25, 0.3) is 0 Å². The van der Waals surface area contributed by atoms with Crippen molar-refractivity contribution in [1.29, 1.82) is 0 Å². The maximum atomic E-state index is 11.0. The molecule has 0 heterocycles. The molecule has 0 aromatic carbocycles. The number of hydrogen-bond acceptors (Lipinski definition) is 1. The van der Waals surface area contributed by atoms with Crippen LogP contribution >= 0.6 is 0 Å². The molecular weight excluding hydrogens is 158 g/mol. The molecule has 1 unspecified atom stereocenters. The Kier molecular flexibility index (Phi) is 2.47. The summed E-state index contributed by atoms with van der Waals surface area (Å²) < 4.78 is 13.1. The highest BCUT2D eigenvalue weighted by Crippen LogP contribution is 2.18. The van der Waals surface area contributed by atoms with Crippen LogP contribution in [0.15, 0.2) is 4.40 Å². The molecule has 0 bridgehead atoms. The second-order valence-electron chi connectivity index (χ2n) is 2.61. The molecule has 0 aliphatic heterocycles. The summed E-state index contributed by atoms with van der Waals surface area (Å²) in [6, 6.07) is 0. The van der Waals surface area contributed by atoms with Crippen molar-refractivity contribution < 1.29 is 4.21 Å². The minimum absolute atomic E-state index is 0.891. The van der Waals surface area contributed by atoms with Crippen molar-refractivity contribution in [1.82, 2.24) is 0 Å². The lowest BCUT2D eigenvalue weighted by atomic mass is 9.98. The zero-order valence-corrected chi connectivity index (χ0v) is 6.93. The van der Waals surface area contributed by atoms with Gasteiger partial charge in [-0.15, -0.1) is 0 Å². The van der Waals surface area contributed by atoms with Crippen LogP contribution in [0.5, 0.6) is 0 Å². The van der Waals surface area contributed by atoms with Gasteiger partial charge in [-0.05, 0) is 40.0 Å². The molecule has 3 heteroatoms. The molecule has 1 aliphatic carbocycles. The van der Waals surface area contributed by atoms with Crippen LogP contribution in [0.2, 0.25) is 0 Å². The predicted molar refractivity (Wildman–Crippen MR) is 45.1 cm³/mol. The van der Waals surface area contributed by atoms with Crippen LogP contribution in [0.1, 0.15) is 19.3 Å². The first-order valence-corrected chi connectivity index (χ1v) is 4.46. The summed E-state index contributed by atoms with van der Waals surface area (Å²) in [4.78, 5) is 0. The third-order valence-electron chi connectivity index (χ3n) is 1.45. The Morgan fingerprint density at radius 1 is 1.36 bits per heavy atom. The minimum atomic E-state index is -1.69. The maximum absolute atomic E-state index is 11.0. The molecule has 58 valence electrons. The first-order chi connectivity index (χ1) is 5.00. The zero-order chi connectivity index (χ0) is 8.48. The van der Waals surface area contributed by atoms with Crippen molar-refractivity contribution in [2.24, 2.45) is 4.40 Å². The van der Waals surface area contributed by atoms with Crippen LogP contribution in [0.3, 0.4) is 0 Å². The van der Waals surface area contributed by atoms with E-state index in [2.05, 4.69) is 4.40 Å². The van der Waals surface area contributed by atoms with Gasteiger partial charge in [-0.1, -0.05) is 0 Å². The van der Waals surface area contributed by atoms with Crippen LogP contribution in [-0.2, 0) is 11.0 Å². The van der Waals surface area contributed by atoms with E-state index in [0.29, 0.717) is 0 Å². The fraction of sp³-hybridized carbons (Fsp3) is 0.500. The van der Waals surface area contributed by atoms with Gasteiger partial charge in [0.25, 0.3) is 0 Å². The van der Waals surface area contributed by atoms with Crippen molar-refractivity contribution in [2.75, 3.05) is 0 Å². The Balaban J connectivity index is 2.55. The summed E-state index contributed by atoms with van der Waals surface area (Å²) in [5.41, 5.74) is 0.897. The summed E-state index contributed by atoms with van der Waals surface area (Å²) in [6.07, 6.45) is 2.88. The first-order valence-electron chi connectivity index (χ1n) is 3.35. The molecule has 2 nitrogen and oxygen atoms in total. The zero-order valence-electron chi connectivity index (χ0n) is 6.12. The van der Waals surface area contributed by atoms with E-state index in [0.717, 1.165) is 25.0 Å². The average molecular weight is 167 g/mol. The van der Waals surface area contributed by atoms with Crippen molar-refractivity contribution in [3.05, 3.63) is 20.8 Å². The summed E-state index contributed by atoms with van der Waals surface area (Å²) in [5.74, 6) is 0. The van der Waals surface area contributed by atoms with E-state index in [-0.39, 0.29) is 0 Å². The number of hydrogen-bond donors (Lipinski definition) is 0. The molecule has 0 amide bonds. The van der Waals surface area contributed by atoms with E-state index in [1.807, 2.05) is 0 Å². The second kappa shape index (κ2) is 3.05. The van der Waals surface area contributed by atoms with E-state index in [1.54, 1.807) is 0 Å². The summed E-state index contributed by atoms with van der Waals surface area (Å²) >= 11 is 0. The van der Waals surface area contributed by atoms with E-state index in [9.17, 15) is 4.21 Å². The van der Waals surface area contributed by atoms with Crippen molar-refractivity contribution in [3.63, 3.8) is 0 Å². The van der Waals surface area contributed by atoms with Gasteiger partial charge in [-0.2, -0.15) is 4.40 Å². The lowest BCUT2D eigenvalue weighted by Gasteiger charge is -2.17. The van der Waals surface area contributed by atoms with Crippen LogP contribution in [-0.4, -0.2) is 14.7 Å². The van der Waals surface area contributed by atoms with Gasteiger partial charge in [0.2, 0.25) is 0 Å². The first kappa shape index (κ1) is 8.91. The largest absolute Gasteiger partial charge is 0.234 e. The van der Waals surface area contributed by atoms with Gasteiger partial charge >= 0.3 is 0 Å².